The molecule has 5 nitrogen and oxygen atoms in total. The molecule has 0 spiro atoms. The molecule has 0 aliphatic carbocycles. The number of hydrogen-bond donors (Lipinski definition) is 0. The maximum Gasteiger partial charge on any atom is 0.223 e. The van der Waals surface area contributed by atoms with E-state index >= 15 is 0 Å². The summed E-state index contributed by atoms with van der Waals surface area (Å²) >= 11 is 0. The smallest absolute Gasteiger partial charge is 0.223 e. The Hall–Kier alpha value is -1.59. The molecule has 2 saturated heterocycles. The molecule has 0 aromatic heterocycles. The van der Waals surface area contributed by atoms with Gasteiger partial charge in [0.1, 0.15) is 5.75 Å². The largest absolute Gasteiger partial charge is 0.496 e. The van der Waals surface area contributed by atoms with Gasteiger partial charge in [0.25, 0.3) is 0 Å². The number of carbonyl (C=O) groups is 1. The molecule has 1 aromatic rings. The van der Waals surface area contributed by atoms with Crippen LogP contribution in [0.2, 0.25) is 0 Å². The summed E-state index contributed by atoms with van der Waals surface area (Å²) < 4.78 is 5.52. The Bertz CT molecular complexity index is 557. The zero-order chi connectivity index (χ0) is 16.9. The minimum atomic E-state index is 0.200. The minimum Gasteiger partial charge on any atom is -0.496 e. The quantitative estimate of drug-likeness (QED) is 0.827. The van der Waals surface area contributed by atoms with Crippen molar-refractivity contribution in [3.8, 4) is 5.75 Å². The SMILES string of the molecule is COc1ccccc1[C@@H]1CN(C(=O)CCN2CCCC2)CCN1C. The second-order valence-electron chi connectivity index (χ2n) is 6.88. The summed E-state index contributed by atoms with van der Waals surface area (Å²) in [6, 6.07) is 8.34. The van der Waals surface area contributed by atoms with Gasteiger partial charge in [0.15, 0.2) is 0 Å². The van der Waals surface area contributed by atoms with E-state index in [-0.39, 0.29) is 11.9 Å². The molecule has 0 N–H and O–H groups in total. The highest BCUT2D eigenvalue weighted by molar-refractivity contribution is 5.76. The van der Waals surface area contributed by atoms with Crippen LogP contribution in [0.5, 0.6) is 5.75 Å². The highest BCUT2D eigenvalue weighted by Gasteiger charge is 2.30. The molecule has 0 bridgehead atoms. The summed E-state index contributed by atoms with van der Waals surface area (Å²) in [5, 5.41) is 0. The van der Waals surface area contributed by atoms with Gasteiger partial charge in [0.2, 0.25) is 5.91 Å². The first-order chi connectivity index (χ1) is 11.7. The van der Waals surface area contributed by atoms with Crippen molar-refractivity contribution < 1.29 is 9.53 Å². The third kappa shape index (κ3) is 3.90. The molecular formula is C19H29N3O2. The first-order valence-electron chi connectivity index (χ1n) is 9.02. The van der Waals surface area contributed by atoms with Gasteiger partial charge in [0.05, 0.1) is 13.2 Å². The number of nitrogens with zero attached hydrogens (tertiary/aromatic N) is 3. The topological polar surface area (TPSA) is 36.0 Å². The van der Waals surface area contributed by atoms with E-state index in [0.717, 1.165) is 45.0 Å². The van der Waals surface area contributed by atoms with Crippen molar-refractivity contribution >= 4 is 5.91 Å². The van der Waals surface area contributed by atoms with Crippen LogP contribution in [-0.4, -0.2) is 74.0 Å². The maximum atomic E-state index is 12.6. The molecule has 132 valence electrons. The Labute approximate surface area is 145 Å². The summed E-state index contributed by atoms with van der Waals surface area (Å²) in [7, 11) is 3.84. The van der Waals surface area contributed by atoms with Crippen molar-refractivity contribution in [3.05, 3.63) is 29.8 Å². The van der Waals surface area contributed by atoms with E-state index < -0.39 is 0 Å². The normalized spacial score (nSPS) is 22.8. The van der Waals surface area contributed by atoms with Crippen molar-refractivity contribution in [3.63, 3.8) is 0 Å². The lowest BCUT2D eigenvalue weighted by Gasteiger charge is -2.40. The molecular weight excluding hydrogens is 302 g/mol. The lowest BCUT2D eigenvalue weighted by molar-refractivity contribution is -0.134. The van der Waals surface area contributed by atoms with E-state index in [1.807, 2.05) is 23.1 Å². The Balaban J connectivity index is 1.63. The Kier molecular flexibility index (Phi) is 5.74. The Morgan fingerprint density at radius 3 is 2.67 bits per heavy atom. The fraction of sp³-hybridized carbons (Fsp3) is 0.632. The van der Waals surface area contributed by atoms with Crippen LogP contribution in [0.15, 0.2) is 24.3 Å². The third-order valence-corrected chi connectivity index (χ3v) is 5.34. The molecule has 3 rings (SSSR count). The summed E-state index contributed by atoms with van der Waals surface area (Å²) in [6.45, 7) is 5.68. The highest BCUT2D eigenvalue weighted by atomic mass is 16.5. The molecule has 2 fully saturated rings. The Morgan fingerprint density at radius 2 is 1.92 bits per heavy atom. The van der Waals surface area contributed by atoms with Crippen LogP contribution in [0.4, 0.5) is 0 Å². The first kappa shape index (κ1) is 17.2. The van der Waals surface area contributed by atoms with Gasteiger partial charge >= 0.3 is 0 Å². The molecule has 24 heavy (non-hydrogen) atoms. The van der Waals surface area contributed by atoms with E-state index in [1.165, 1.54) is 18.4 Å². The summed E-state index contributed by atoms with van der Waals surface area (Å²) in [5.41, 5.74) is 1.17. The predicted molar refractivity (Wildman–Crippen MR) is 95.2 cm³/mol. The van der Waals surface area contributed by atoms with Gasteiger partial charge in [0, 0.05) is 38.2 Å². The average molecular weight is 331 g/mol. The monoisotopic (exact) mass is 331 g/mol. The van der Waals surface area contributed by atoms with E-state index in [0.29, 0.717) is 6.42 Å². The third-order valence-electron chi connectivity index (χ3n) is 5.34. The van der Waals surface area contributed by atoms with Crippen LogP contribution in [-0.2, 0) is 4.79 Å². The standard InChI is InChI=1S/C19H29N3O2/c1-20-13-14-22(19(23)9-12-21-10-5-6-11-21)15-17(20)16-7-3-4-8-18(16)24-2/h3-4,7-8,17H,5-6,9-15H2,1-2H3/t17-/m0/s1. The van der Waals surface area contributed by atoms with E-state index in [2.05, 4.69) is 22.9 Å². The summed E-state index contributed by atoms with van der Waals surface area (Å²) in [4.78, 5) is 19.4. The van der Waals surface area contributed by atoms with Gasteiger partial charge < -0.3 is 14.5 Å². The van der Waals surface area contributed by atoms with Gasteiger partial charge in [-0.3, -0.25) is 9.69 Å². The minimum absolute atomic E-state index is 0.200. The molecule has 2 heterocycles. The van der Waals surface area contributed by atoms with Crippen LogP contribution in [0.3, 0.4) is 0 Å². The number of rotatable bonds is 5. The molecule has 5 heteroatoms. The fourth-order valence-corrected chi connectivity index (χ4v) is 3.80. The number of amides is 1. The number of piperazine rings is 1. The van der Waals surface area contributed by atoms with Crippen molar-refractivity contribution in [2.45, 2.75) is 25.3 Å². The number of para-hydroxylation sites is 1. The molecule has 0 radical (unpaired) electrons. The number of likely N-dealkylation sites (tertiary alicyclic amines) is 1. The van der Waals surface area contributed by atoms with Gasteiger partial charge in [-0.25, -0.2) is 0 Å². The molecule has 0 unspecified atom stereocenters. The predicted octanol–water partition coefficient (Wildman–Crippen LogP) is 2.00. The van der Waals surface area contributed by atoms with Gasteiger partial charge in [-0.1, -0.05) is 18.2 Å². The second kappa shape index (κ2) is 7.99. The highest BCUT2D eigenvalue weighted by Crippen LogP contribution is 2.31. The molecule has 2 aliphatic rings. The first-order valence-corrected chi connectivity index (χ1v) is 9.02. The van der Waals surface area contributed by atoms with Crippen molar-refractivity contribution in [1.29, 1.82) is 0 Å². The summed E-state index contributed by atoms with van der Waals surface area (Å²) in [5.74, 6) is 1.19. The zero-order valence-corrected chi connectivity index (χ0v) is 14.9. The number of benzene rings is 1. The number of ether oxygens (including phenoxy) is 1. The van der Waals surface area contributed by atoms with Crippen LogP contribution < -0.4 is 4.74 Å². The molecule has 1 aromatic carbocycles. The van der Waals surface area contributed by atoms with Gasteiger partial charge in [-0.15, -0.1) is 0 Å². The lowest BCUT2D eigenvalue weighted by atomic mass is 10.0. The maximum absolute atomic E-state index is 12.6. The van der Waals surface area contributed by atoms with E-state index in [1.54, 1.807) is 7.11 Å². The molecule has 2 aliphatic heterocycles. The zero-order valence-electron chi connectivity index (χ0n) is 14.9. The van der Waals surface area contributed by atoms with Crippen LogP contribution in [0, 0.1) is 0 Å². The van der Waals surface area contributed by atoms with E-state index in [4.69, 9.17) is 4.74 Å². The second-order valence-corrected chi connectivity index (χ2v) is 6.88. The van der Waals surface area contributed by atoms with E-state index in [9.17, 15) is 4.79 Å². The molecule has 0 saturated carbocycles. The Morgan fingerprint density at radius 1 is 1.17 bits per heavy atom. The molecule has 1 amide bonds. The van der Waals surface area contributed by atoms with Crippen molar-refractivity contribution in [2.24, 2.45) is 0 Å². The van der Waals surface area contributed by atoms with Gasteiger partial charge in [-0.05, 0) is 39.0 Å². The van der Waals surface area contributed by atoms with Crippen LogP contribution in [0.1, 0.15) is 30.9 Å². The number of methoxy groups -OCH3 is 1. The fourth-order valence-electron chi connectivity index (χ4n) is 3.80. The van der Waals surface area contributed by atoms with Crippen molar-refractivity contribution in [1.82, 2.24) is 14.7 Å². The van der Waals surface area contributed by atoms with Crippen LogP contribution in [0.25, 0.3) is 0 Å². The molecule has 1 atom stereocenters. The average Bonchev–Trinajstić information content (AvgIpc) is 3.13. The number of likely N-dealkylation sites (N-methyl/N-ethyl adjacent to an activating group) is 1. The summed E-state index contributed by atoms with van der Waals surface area (Å²) in [6.07, 6.45) is 3.19. The number of carbonyl (C=O) groups excluding carboxylic acids is 1. The van der Waals surface area contributed by atoms with Gasteiger partial charge in [-0.2, -0.15) is 0 Å². The number of hydrogen-bond acceptors (Lipinski definition) is 4. The van der Waals surface area contributed by atoms with Crippen molar-refractivity contribution in [2.75, 3.05) is 53.4 Å². The van der Waals surface area contributed by atoms with Crippen LogP contribution >= 0.6 is 0 Å². The lowest BCUT2D eigenvalue weighted by Crippen LogP contribution is -2.49.